The molecule has 4 aliphatic rings. The summed E-state index contributed by atoms with van der Waals surface area (Å²) < 4.78 is 0. The molecule has 0 spiro atoms. The molecule has 5 rings (SSSR count). The largest absolute Gasteiger partial charge is 0.355 e. The highest BCUT2D eigenvalue weighted by atomic mass is 16.2. The van der Waals surface area contributed by atoms with E-state index in [0.717, 1.165) is 69.5 Å². The quantitative estimate of drug-likeness (QED) is 0.764. The highest BCUT2D eigenvalue weighted by Crippen LogP contribution is 2.34. The number of aryl methyl sites for hydroxylation is 2. The average Bonchev–Trinajstić information content (AvgIpc) is 3.33. The first kappa shape index (κ1) is 16.5. The Kier molecular flexibility index (Phi) is 3.81. The van der Waals surface area contributed by atoms with Crippen LogP contribution in [-0.4, -0.2) is 58.4 Å². The van der Waals surface area contributed by atoms with Crippen molar-refractivity contribution >= 4 is 17.8 Å². The van der Waals surface area contributed by atoms with E-state index in [9.17, 15) is 14.9 Å². The third-order valence-corrected chi connectivity index (χ3v) is 6.29. The Morgan fingerprint density at radius 2 is 1.85 bits per heavy atom. The molecule has 1 aromatic heterocycles. The molecule has 2 aliphatic heterocycles. The maximum absolute atomic E-state index is 12.6. The summed E-state index contributed by atoms with van der Waals surface area (Å²) in [6, 6.07) is 4.45. The number of hydrogen-bond acceptors (Lipinski definition) is 5. The van der Waals surface area contributed by atoms with Crippen LogP contribution in [0.15, 0.2) is 6.07 Å². The van der Waals surface area contributed by atoms with E-state index in [-0.39, 0.29) is 30.6 Å². The number of piperidine rings is 1. The number of hydrogen-bond donors (Lipinski definition) is 0. The van der Waals surface area contributed by atoms with Crippen LogP contribution in [0.2, 0.25) is 0 Å². The van der Waals surface area contributed by atoms with Gasteiger partial charge in [0.25, 0.3) is 5.91 Å². The molecule has 140 valence electrons. The van der Waals surface area contributed by atoms with E-state index in [1.807, 2.05) is 6.07 Å². The summed E-state index contributed by atoms with van der Waals surface area (Å²) in [6.45, 7) is 1.74. The molecular formula is C20H23N5O2. The van der Waals surface area contributed by atoms with Crippen molar-refractivity contribution in [3.05, 3.63) is 22.9 Å². The lowest BCUT2D eigenvalue weighted by atomic mass is 10.0. The number of nitriles is 1. The second-order valence-corrected chi connectivity index (χ2v) is 8.05. The van der Waals surface area contributed by atoms with Crippen molar-refractivity contribution in [2.45, 2.75) is 57.0 Å². The van der Waals surface area contributed by atoms with E-state index < -0.39 is 0 Å². The minimum absolute atomic E-state index is 0.0445. The monoisotopic (exact) mass is 365 g/mol. The lowest BCUT2D eigenvalue weighted by Gasteiger charge is -2.37. The molecule has 0 aromatic carbocycles. The number of carbonyl (C=O) groups is 2. The molecule has 0 bridgehead atoms. The van der Waals surface area contributed by atoms with Crippen molar-refractivity contribution in [1.29, 1.82) is 5.26 Å². The summed E-state index contributed by atoms with van der Waals surface area (Å²) in [5.41, 5.74) is 3.00. The van der Waals surface area contributed by atoms with Gasteiger partial charge >= 0.3 is 6.03 Å². The number of imide groups is 1. The van der Waals surface area contributed by atoms with Gasteiger partial charge in [-0.3, -0.25) is 9.69 Å². The van der Waals surface area contributed by atoms with E-state index in [0.29, 0.717) is 5.56 Å². The van der Waals surface area contributed by atoms with E-state index >= 15 is 0 Å². The third kappa shape index (κ3) is 2.75. The van der Waals surface area contributed by atoms with Crippen molar-refractivity contribution in [1.82, 2.24) is 14.8 Å². The maximum Gasteiger partial charge on any atom is 0.327 e. The lowest BCUT2D eigenvalue weighted by Crippen LogP contribution is -2.47. The van der Waals surface area contributed by atoms with Gasteiger partial charge < -0.3 is 9.80 Å². The third-order valence-electron chi connectivity index (χ3n) is 6.29. The second kappa shape index (κ2) is 6.22. The van der Waals surface area contributed by atoms with Gasteiger partial charge in [-0.25, -0.2) is 9.78 Å². The second-order valence-electron chi connectivity index (χ2n) is 8.05. The standard InChI is InChI=1S/C20H23N5O2/c21-11-14-10-13-2-1-3-17(13)22-19(14)23-8-6-15(7-9-23)24-12-18(26)25(20(24)27)16-4-5-16/h10,15-16H,1-9,12H2. The summed E-state index contributed by atoms with van der Waals surface area (Å²) in [5.74, 6) is 0.747. The Morgan fingerprint density at radius 3 is 2.56 bits per heavy atom. The molecule has 27 heavy (non-hydrogen) atoms. The molecule has 0 unspecified atom stereocenters. The molecule has 2 aliphatic carbocycles. The predicted molar refractivity (Wildman–Crippen MR) is 98.2 cm³/mol. The van der Waals surface area contributed by atoms with Gasteiger partial charge in [-0.05, 0) is 56.6 Å². The van der Waals surface area contributed by atoms with Crippen LogP contribution < -0.4 is 4.90 Å². The molecule has 2 saturated heterocycles. The number of nitrogens with zero attached hydrogens (tertiary/aromatic N) is 5. The van der Waals surface area contributed by atoms with Crippen LogP contribution in [0.1, 0.15) is 48.9 Å². The fraction of sp³-hybridized carbons (Fsp3) is 0.600. The molecular weight excluding hydrogens is 342 g/mol. The Morgan fingerprint density at radius 1 is 1.07 bits per heavy atom. The first-order chi connectivity index (χ1) is 13.2. The smallest absolute Gasteiger partial charge is 0.327 e. The molecule has 3 heterocycles. The Hall–Kier alpha value is -2.62. The average molecular weight is 365 g/mol. The van der Waals surface area contributed by atoms with Crippen molar-refractivity contribution in [3.8, 4) is 6.07 Å². The number of rotatable bonds is 3. The zero-order valence-electron chi connectivity index (χ0n) is 15.4. The highest BCUT2D eigenvalue weighted by molar-refractivity contribution is 6.02. The number of aromatic nitrogens is 1. The van der Waals surface area contributed by atoms with Gasteiger partial charge in [-0.15, -0.1) is 0 Å². The van der Waals surface area contributed by atoms with E-state index in [1.165, 1.54) is 10.5 Å². The molecule has 0 atom stereocenters. The Labute approximate surface area is 158 Å². The van der Waals surface area contributed by atoms with E-state index in [4.69, 9.17) is 4.98 Å². The molecule has 3 fully saturated rings. The van der Waals surface area contributed by atoms with Crippen molar-refractivity contribution < 1.29 is 9.59 Å². The summed E-state index contributed by atoms with van der Waals surface area (Å²) >= 11 is 0. The van der Waals surface area contributed by atoms with Gasteiger partial charge in [0.15, 0.2) is 0 Å². The van der Waals surface area contributed by atoms with Gasteiger partial charge in [0, 0.05) is 30.9 Å². The predicted octanol–water partition coefficient (Wildman–Crippen LogP) is 1.84. The van der Waals surface area contributed by atoms with Crippen LogP contribution in [0, 0.1) is 11.3 Å². The molecule has 7 heteroatoms. The summed E-state index contributed by atoms with van der Waals surface area (Å²) in [7, 11) is 0. The minimum Gasteiger partial charge on any atom is -0.355 e. The van der Waals surface area contributed by atoms with Crippen LogP contribution in [0.25, 0.3) is 0 Å². The molecule has 1 saturated carbocycles. The molecule has 7 nitrogen and oxygen atoms in total. The Balaban J connectivity index is 1.29. The first-order valence-corrected chi connectivity index (χ1v) is 9.96. The van der Waals surface area contributed by atoms with Crippen molar-refractivity contribution in [2.75, 3.05) is 24.5 Å². The fourth-order valence-electron chi connectivity index (χ4n) is 4.69. The van der Waals surface area contributed by atoms with Gasteiger partial charge in [-0.1, -0.05) is 0 Å². The van der Waals surface area contributed by atoms with Crippen LogP contribution in [0.3, 0.4) is 0 Å². The highest BCUT2D eigenvalue weighted by Gasteiger charge is 2.47. The van der Waals surface area contributed by atoms with Gasteiger partial charge in [-0.2, -0.15) is 5.26 Å². The minimum atomic E-state index is -0.102. The zero-order valence-corrected chi connectivity index (χ0v) is 15.4. The van der Waals surface area contributed by atoms with Crippen molar-refractivity contribution in [2.24, 2.45) is 0 Å². The number of fused-ring (bicyclic) bond motifs is 1. The summed E-state index contributed by atoms with van der Waals surface area (Å²) in [6.07, 6.45) is 6.63. The van der Waals surface area contributed by atoms with Crippen molar-refractivity contribution in [3.63, 3.8) is 0 Å². The molecule has 0 radical (unpaired) electrons. The molecule has 3 amide bonds. The number of pyridine rings is 1. The first-order valence-electron chi connectivity index (χ1n) is 9.96. The SMILES string of the molecule is N#Cc1cc2c(nc1N1CCC(N3CC(=O)N(C4CC4)C3=O)CC1)CCC2. The fourth-order valence-corrected chi connectivity index (χ4v) is 4.69. The topological polar surface area (TPSA) is 80.5 Å². The summed E-state index contributed by atoms with van der Waals surface area (Å²) in [5, 5.41) is 9.54. The summed E-state index contributed by atoms with van der Waals surface area (Å²) in [4.78, 5) is 35.1. The normalized spacial score (nSPS) is 23.1. The van der Waals surface area contributed by atoms with Crippen LogP contribution in [0.4, 0.5) is 10.6 Å². The lowest BCUT2D eigenvalue weighted by molar-refractivity contribution is -0.125. The molecule has 1 aromatic rings. The number of anilines is 1. The van der Waals surface area contributed by atoms with E-state index in [2.05, 4.69) is 11.0 Å². The number of urea groups is 1. The number of carbonyl (C=O) groups excluding carboxylic acids is 2. The van der Waals surface area contributed by atoms with Crippen LogP contribution >= 0.6 is 0 Å². The Bertz CT molecular complexity index is 849. The zero-order chi connectivity index (χ0) is 18.5. The number of amides is 3. The molecule has 0 N–H and O–H groups in total. The maximum atomic E-state index is 12.6. The van der Waals surface area contributed by atoms with Gasteiger partial charge in [0.1, 0.15) is 18.4 Å². The van der Waals surface area contributed by atoms with E-state index in [1.54, 1.807) is 4.90 Å². The van der Waals surface area contributed by atoms with Gasteiger partial charge in [0.05, 0.1) is 5.56 Å². The van der Waals surface area contributed by atoms with Crippen LogP contribution in [0.5, 0.6) is 0 Å². The van der Waals surface area contributed by atoms with Crippen LogP contribution in [-0.2, 0) is 17.6 Å². The van der Waals surface area contributed by atoms with Gasteiger partial charge in [0.2, 0.25) is 0 Å².